The summed E-state index contributed by atoms with van der Waals surface area (Å²) in [4.78, 5) is 33.8. The number of hydrogen-bond acceptors (Lipinski definition) is 4. The van der Waals surface area contributed by atoms with Gasteiger partial charge in [-0.2, -0.15) is 0 Å². The summed E-state index contributed by atoms with van der Waals surface area (Å²) in [5, 5.41) is 0.255. The monoisotopic (exact) mass is 234 g/mol. The molecule has 0 fully saturated rings. The van der Waals surface area contributed by atoms with Crippen molar-refractivity contribution in [2.45, 2.75) is 13.5 Å². The summed E-state index contributed by atoms with van der Waals surface area (Å²) in [5.74, 6) is -1.56. The third kappa shape index (κ3) is 1.96. The highest BCUT2D eigenvalue weighted by molar-refractivity contribution is 5.81. The molecule has 0 unspecified atom stereocenters. The molecule has 0 aliphatic rings. The molecule has 0 atom stereocenters. The number of aryl methyl sites for hydroxylation is 1. The molecule has 88 valence electrons. The van der Waals surface area contributed by atoms with Gasteiger partial charge in [-0.05, 0) is 19.1 Å². The number of nitrogens with zero attached hydrogens (tertiary/aromatic N) is 1. The van der Waals surface area contributed by atoms with E-state index in [0.29, 0.717) is 5.52 Å². The van der Waals surface area contributed by atoms with Crippen molar-refractivity contribution in [1.29, 1.82) is 0 Å². The van der Waals surface area contributed by atoms with E-state index in [0.717, 1.165) is 10.1 Å². The molecular formula is C11H10N2O4. The van der Waals surface area contributed by atoms with Crippen molar-refractivity contribution in [3.63, 3.8) is 0 Å². The SMILES string of the molecule is Cc1ccc2c(c1)c(=O)oc(=O)n2CC(N)=O. The highest BCUT2D eigenvalue weighted by Crippen LogP contribution is 2.10. The van der Waals surface area contributed by atoms with Gasteiger partial charge in [-0.1, -0.05) is 11.6 Å². The second-order valence-corrected chi connectivity index (χ2v) is 3.73. The maximum atomic E-state index is 11.5. The van der Waals surface area contributed by atoms with Gasteiger partial charge in [0.2, 0.25) is 5.91 Å². The summed E-state index contributed by atoms with van der Waals surface area (Å²) >= 11 is 0. The van der Waals surface area contributed by atoms with Crippen molar-refractivity contribution in [2.75, 3.05) is 0 Å². The minimum Gasteiger partial charge on any atom is -0.372 e. The molecule has 1 aromatic heterocycles. The zero-order valence-electron chi connectivity index (χ0n) is 9.10. The Hall–Kier alpha value is -2.37. The van der Waals surface area contributed by atoms with E-state index in [1.807, 2.05) is 6.92 Å². The number of fused-ring (bicyclic) bond motifs is 1. The van der Waals surface area contributed by atoms with Gasteiger partial charge in [0, 0.05) is 0 Å². The minimum absolute atomic E-state index is 0.255. The first-order chi connectivity index (χ1) is 7.99. The third-order valence-electron chi connectivity index (χ3n) is 2.38. The van der Waals surface area contributed by atoms with E-state index in [-0.39, 0.29) is 11.9 Å². The number of amides is 1. The van der Waals surface area contributed by atoms with Crippen LogP contribution in [0.25, 0.3) is 10.9 Å². The fourth-order valence-electron chi connectivity index (χ4n) is 1.64. The largest absolute Gasteiger partial charge is 0.422 e. The van der Waals surface area contributed by atoms with Gasteiger partial charge < -0.3 is 10.2 Å². The molecule has 2 N–H and O–H groups in total. The van der Waals surface area contributed by atoms with Gasteiger partial charge in [-0.25, -0.2) is 9.59 Å². The van der Waals surface area contributed by atoms with E-state index < -0.39 is 17.3 Å². The summed E-state index contributed by atoms with van der Waals surface area (Å²) < 4.78 is 5.56. The molecule has 6 nitrogen and oxygen atoms in total. The highest BCUT2D eigenvalue weighted by Gasteiger charge is 2.10. The lowest BCUT2D eigenvalue weighted by Crippen LogP contribution is -2.30. The Bertz CT molecular complexity index is 711. The Labute approximate surface area is 95.3 Å². The van der Waals surface area contributed by atoms with Gasteiger partial charge in [-0.15, -0.1) is 0 Å². The number of hydrogen-bond donors (Lipinski definition) is 1. The van der Waals surface area contributed by atoms with Gasteiger partial charge in [0.05, 0.1) is 10.9 Å². The van der Waals surface area contributed by atoms with Crippen molar-refractivity contribution >= 4 is 16.8 Å². The van der Waals surface area contributed by atoms with Gasteiger partial charge >= 0.3 is 11.4 Å². The molecule has 0 bridgehead atoms. The predicted molar refractivity (Wildman–Crippen MR) is 60.7 cm³/mol. The zero-order chi connectivity index (χ0) is 12.6. The molecule has 2 rings (SSSR count). The normalized spacial score (nSPS) is 10.6. The van der Waals surface area contributed by atoms with E-state index in [1.165, 1.54) is 0 Å². The summed E-state index contributed by atoms with van der Waals surface area (Å²) in [6.07, 6.45) is 0. The van der Waals surface area contributed by atoms with Crippen LogP contribution >= 0.6 is 0 Å². The molecule has 0 saturated carbocycles. The van der Waals surface area contributed by atoms with Crippen LogP contribution in [0.15, 0.2) is 32.2 Å². The second kappa shape index (κ2) is 3.89. The van der Waals surface area contributed by atoms with Crippen LogP contribution in [0, 0.1) is 6.92 Å². The van der Waals surface area contributed by atoms with E-state index in [9.17, 15) is 14.4 Å². The van der Waals surface area contributed by atoms with Gasteiger partial charge in [0.1, 0.15) is 6.54 Å². The predicted octanol–water partition coefficient (Wildman–Crippen LogP) is -0.252. The second-order valence-electron chi connectivity index (χ2n) is 3.73. The fourth-order valence-corrected chi connectivity index (χ4v) is 1.64. The Morgan fingerprint density at radius 3 is 2.76 bits per heavy atom. The first-order valence-electron chi connectivity index (χ1n) is 4.91. The summed E-state index contributed by atoms with van der Waals surface area (Å²) in [7, 11) is 0. The summed E-state index contributed by atoms with van der Waals surface area (Å²) in [5.41, 5.74) is 5.52. The van der Waals surface area contributed by atoms with Crippen LogP contribution < -0.4 is 17.1 Å². The van der Waals surface area contributed by atoms with Crippen molar-refractivity contribution < 1.29 is 9.21 Å². The number of benzene rings is 1. The quantitative estimate of drug-likeness (QED) is 0.774. The number of carbonyl (C=O) groups excluding carboxylic acids is 1. The zero-order valence-corrected chi connectivity index (χ0v) is 9.10. The van der Waals surface area contributed by atoms with Gasteiger partial charge in [-0.3, -0.25) is 9.36 Å². The van der Waals surface area contributed by atoms with Crippen molar-refractivity contribution in [2.24, 2.45) is 5.73 Å². The molecule has 0 spiro atoms. The van der Waals surface area contributed by atoms with E-state index in [2.05, 4.69) is 4.42 Å². The molecule has 0 radical (unpaired) electrons. The van der Waals surface area contributed by atoms with Crippen molar-refractivity contribution in [1.82, 2.24) is 4.57 Å². The number of carbonyl (C=O) groups is 1. The Kier molecular flexibility index (Phi) is 2.55. The lowest BCUT2D eigenvalue weighted by atomic mass is 10.2. The molecule has 17 heavy (non-hydrogen) atoms. The van der Waals surface area contributed by atoms with E-state index >= 15 is 0 Å². The van der Waals surface area contributed by atoms with Crippen molar-refractivity contribution in [3.05, 3.63) is 44.7 Å². The molecule has 2 aromatic rings. The number of aromatic nitrogens is 1. The lowest BCUT2D eigenvalue weighted by Gasteiger charge is -2.06. The standard InChI is InChI=1S/C11H10N2O4/c1-6-2-3-8-7(4-6)10(15)17-11(16)13(8)5-9(12)14/h2-4H,5H2,1H3,(H2,12,14). The number of nitrogens with two attached hydrogens (primary N) is 1. The Morgan fingerprint density at radius 2 is 2.12 bits per heavy atom. The maximum absolute atomic E-state index is 11.5. The fraction of sp³-hybridized carbons (Fsp3) is 0.182. The minimum atomic E-state index is -0.884. The van der Waals surface area contributed by atoms with Crippen LogP contribution in [-0.4, -0.2) is 10.5 Å². The average Bonchev–Trinajstić information content (AvgIpc) is 2.24. The molecule has 1 aromatic carbocycles. The molecule has 0 aliphatic heterocycles. The molecule has 1 amide bonds. The molecule has 6 heteroatoms. The van der Waals surface area contributed by atoms with Crippen LogP contribution in [0.1, 0.15) is 5.56 Å². The first-order valence-corrected chi connectivity index (χ1v) is 4.91. The van der Waals surface area contributed by atoms with Crippen LogP contribution in [0.3, 0.4) is 0 Å². The summed E-state index contributed by atoms with van der Waals surface area (Å²) in [6, 6.07) is 4.92. The van der Waals surface area contributed by atoms with Crippen molar-refractivity contribution in [3.8, 4) is 0 Å². The van der Waals surface area contributed by atoms with E-state index in [4.69, 9.17) is 5.73 Å². The summed E-state index contributed by atoms with van der Waals surface area (Å²) in [6.45, 7) is 1.49. The number of primary amides is 1. The van der Waals surface area contributed by atoms with Crippen LogP contribution in [0.4, 0.5) is 0 Å². The van der Waals surface area contributed by atoms with Crippen LogP contribution in [0.2, 0.25) is 0 Å². The topological polar surface area (TPSA) is 95.3 Å². The molecule has 0 aliphatic carbocycles. The van der Waals surface area contributed by atoms with Crippen LogP contribution in [-0.2, 0) is 11.3 Å². The maximum Gasteiger partial charge on any atom is 0.422 e. The van der Waals surface area contributed by atoms with E-state index in [1.54, 1.807) is 18.2 Å². The number of rotatable bonds is 2. The highest BCUT2D eigenvalue weighted by atomic mass is 16.4. The van der Waals surface area contributed by atoms with Crippen LogP contribution in [0.5, 0.6) is 0 Å². The Morgan fingerprint density at radius 1 is 1.41 bits per heavy atom. The molecule has 0 saturated heterocycles. The Balaban J connectivity index is 2.88. The van der Waals surface area contributed by atoms with Gasteiger partial charge in [0.15, 0.2) is 0 Å². The van der Waals surface area contributed by atoms with Gasteiger partial charge in [0.25, 0.3) is 0 Å². The average molecular weight is 234 g/mol. The first kappa shape index (κ1) is 11.1. The molecule has 1 heterocycles. The molecular weight excluding hydrogens is 224 g/mol. The smallest absolute Gasteiger partial charge is 0.372 e. The lowest BCUT2D eigenvalue weighted by molar-refractivity contribution is -0.118. The third-order valence-corrected chi connectivity index (χ3v) is 2.38.